The normalized spacial score (nSPS) is 11.4. The summed E-state index contributed by atoms with van der Waals surface area (Å²) in [5, 5.41) is 17.2. The molecule has 18 heavy (non-hydrogen) atoms. The van der Waals surface area contributed by atoms with Gasteiger partial charge in [0.15, 0.2) is 0 Å². The molecule has 0 heterocycles. The van der Waals surface area contributed by atoms with Gasteiger partial charge in [-0.05, 0) is 6.07 Å². The molecule has 0 saturated carbocycles. The summed E-state index contributed by atoms with van der Waals surface area (Å²) in [5.74, 6) is -2.87. The van der Waals surface area contributed by atoms with Crippen molar-refractivity contribution in [3.8, 4) is 0 Å². The highest BCUT2D eigenvalue weighted by atomic mass is 32.2. The van der Waals surface area contributed by atoms with Gasteiger partial charge in [-0.2, -0.15) is 4.31 Å². The summed E-state index contributed by atoms with van der Waals surface area (Å²) in [5.41, 5.74) is 0. The Kier molecular flexibility index (Phi) is 4.40. The van der Waals surface area contributed by atoms with E-state index in [2.05, 4.69) is 6.07 Å². The first kappa shape index (κ1) is 14.1. The van der Waals surface area contributed by atoms with Gasteiger partial charge in [0, 0.05) is 6.07 Å². The molecular formula is C10H10NO6S. The number of carbonyl (C=O) groups is 2. The Hall–Kier alpha value is -1.93. The molecule has 0 atom stereocenters. The van der Waals surface area contributed by atoms with Gasteiger partial charge in [-0.25, -0.2) is 8.42 Å². The van der Waals surface area contributed by atoms with E-state index >= 15 is 0 Å². The van der Waals surface area contributed by atoms with Crippen LogP contribution in [-0.4, -0.2) is 48.0 Å². The number of benzene rings is 1. The first-order chi connectivity index (χ1) is 8.34. The predicted molar refractivity (Wildman–Crippen MR) is 59.3 cm³/mol. The average molecular weight is 272 g/mol. The largest absolute Gasteiger partial charge is 0.480 e. The van der Waals surface area contributed by atoms with Crippen molar-refractivity contribution in [3.63, 3.8) is 0 Å². The van der Waals surface area contributed by atoms with Crippen LogP contribution in [0, 0.1) is 6.07 Å². The second-order valence-corrected chi connectivity index (χ2v) is 5.19. The van der Waals surface area contributed by atoms with Gasteiger partial charge in [-0.1, -0.05) is 18.2 Å². The molecule has 0 bridgehead atoms. The fourth-order valence-electron chi connectivity index (χ4n) is 1.20. The molecular weight excluding hydrogens is 262 g/mol. The molecule has 1 aromatic carbocycles. The summed E-state index contributed by atoms with van der Waals surface area (Å²) in [6, 6.07) is 7.95. The highest BCUT2D eigenvalue weighted by Gasteiger charge is 2.28. The minimum absolute atomic E-state index is 0.271. The molecule has 0 fully saturated rings. The Morgan fingerprint density at radius 2 is 1.72 bits per heavy atom. The lowest BCUT2D eigenvalue weighted by atomic mass is 10.4. The number of hydrogen-bond acceptors (Lipinski definition) is 4. The molecule has 1 rings (SSSR count). The van der Waals surface area contributed by atoms with Gasteiger partial charge in [0.25, 0.3) is 0 Å². The Labute approximate surface area is 103 Å². The minimum Gasteiger partial charge on any atom is -0.480 e. The van der Waals surface area contributed by atoms with Crippen molar-refractivity contribution in [3.05, 3.63) is 30.3 Å². The second-order valence-electron chi connectivity index (χ2n) is 3.29. The molecule has 0 aliphatic heterocycles. The maximum absolute atomic E-state index is 12.0. The van der Waals surface area contributed by atoms with E-state index in [1.54, 1.807) is 0 Å². The fourth-order valence-corrected chi connectivity index (χ4v) is 2.51. The van der Waals surface area contributed by atoms with Crippen LogP contribution in [0.25, 0.3) is 0 Å². The lowest BCUT2D eigenvalue weighted by Crippen LogP contribution is -2.39. The van der Waals surface area contributed by atoms with Gasteiger partial charge in [0.1, 0.15) is 13.1 Å². The van der Waals surface area contributed by atoms with E-state index in [1.165, 1.54) is 24.3 Å². The quantitative estimate of drug-likeness (QED) is 0.731. The highest BCUT2D eigenvalue weighted by Crippen LogP contribution is 2.14. The molecule has 0 unspecified atom stereocenters. The minimum atomic E-state index is -4.18. The van der Waals surface area contributed by atoms with Gasteiger partial charge in [0.2, 0.25) is 10.0 Å². The molecule has 0 aromatic heterocycles. The van der Waals surface area contributed by atoms with Crippen molar-refractivity contribution in [2.24, 2.45) is 0 Å². The maximum atomic E-state index is 12.0. The first-order valence-corrected chi connectivity index (χ1v) is 6.18. The number of aliphatic carboxylic acids is 2. The summed E-state index contributed by atoms with van der Waals surface area (Å²) < 4.78 is 24.3. The van der Waals surface area contributed by atoms with Crippen molar-refractivity contribution in [1.29, 1.82) is 0 Å². The number of nitrogens with zero attached hydrogens (tertiary/aromatic N) is 1. The summed E-state index contributed by atoms with van der Waals surface area (Å²) >= 11 is 0. The van der Waals surface area contributed by atoms with Crippen LogP contribution in [-0.2, 0) is 19.6 Å². The van der Waals surface area contributed by atoms with Crippen molar-refractivity contribution in [2.75, 3.05) is 13.1 Å². The van der Waals surface area contributed by atoms with Crippen LogP contribution >= 0.6 is 0 Å². The van der Waals surface area contributed by atoms with E-state index in [0.29, 0.717) is 4.31 Å². The van der Waals surface area contributed by atoms with E-state index in [1.807, 2.05) is 0 Å². The van der Waals surface area contributed by atoms with Crippen LogP contribution < -0.4 is 0 Å². The molecule has 0 aliphatic rings. The monoisotopic (exact) mass is 272 g/mol. The molecule has 0 aliphatic carbocycles. The van der Waals surface area contributed by atoms with E-state index < -0.39 is 35.1 Å². The molecule has 0 saturated heterocycles. The third kappa shape index (κ3) is 3.54. The average Bonchev–Trinajstić information content (AvgIpc) is 2.28. The van der Waals surface area contributed by atoms with Crippen molar-refractivity contribution in [2.45, 2.75) is 4.90 Å². The first-order valence-electron chi connectivity index (χ1n) is 4.74. The molecule has 0 amide bonds. The van der Waals surface area contributed by atoms with Crippen LogP contribution in [0.4, 0.5) is 0 Å². The lowest BCUT2D eigenvalue weighted by Gasteiger charge is -2.17. The molecule has 1 radical (unpaired) electrons. The van der Waals surface area contributed by atoms with Crippen molar-refractivity contribution >= 4 is 22.0 Å². The van der Waals surface area contributed by atoms with Gasteiger partial charge in [-0.15, -0.1) is 0 Å². The zero-order valence-corrected chi connectivity index (χ0v) is 9.92. The third-order valence-electron chi connectivity index (χ3n) is 1.92. The number of rotatable bonds is 6. The Bertz CT molecular complexity index is 523. The number of hydrogen-bond donors (Lipinski definition) is 2. The summed E-state index contributed by atoms with van der Waals surface area (Å²) in [4.78, 5) is 20.8. The van der Waals surface area contributed by atoms with Gasteiger partial charge in [0.05, 0.1) is 4.90 Å². The Balaban J connectivity index is 3.11. The van der Waals surface area contributed by atoms with E-state index in [0.717, 1.165) is 0 Å². The van der Waals surface area contributed by atoms with Crippen LogP contribution in [0.3, 0.4) is 0 Å². The third-order valence-corrected chi connectivity index (χ3v) is 3.67. The molecule has 2 N–H and O–H groups in total. The number of carboxylic acids is 2. The molecule has 97 valence electrons. The van der Waals surface area contributed by atoms with E-state index in [9.17, 15) is 18.0 Å². The van der Waals surface area contributed by atoms with Crippen molar-refractivity contribution < 1.29 is 28.2 Å². The van der Waals surface area contributed by atoms with Crippen LogP contribution in [0.5, 0.6) is 0 Å². The van der Waals surface area contributed by atoms with E-state index in [4.69, 9.17) is 10.2 Å². The van der Waals surface area contributed by atoms with E-state index in [-0.39, 0.29) is 4.90 Å². The second kappa shape index (κ2) is 5.61. The molecule has 7 nitrogen and oxygen atoms in total. The SMILES string of the molecule is O=C(O)CN(CC(=O)O)S(=O)(=O)c1[c]cccc1. The number of carboxylic acid groups (broad SMARTS) is 2. The van der Waals surface area contributed by atoms with Crippen LogP contribution in [0.15, 0.2) is 29.2 Å². The molecule has 8 heteroatoms. The van der Waals surface area contributed by atoms with Crippen LogP contribution in [0.2, 0.25) is 0 Å². The Morgan fingerprint density at radius 3 is 2.11 bits per heavy atom. The number of sulfonamides is 1. The summed E-state index contributed by atoms with van der Waals surface area (Å²) in [6.45, 7) is -1.84. The molecule has 0 spiro atoms. The summed E-state index contributed by atoms with van der Waals surface area (Å²) in [7, 11) is -4.18. The van der Waals surface area contributed by atoms with Crippen molar-refractivity contribution in [1.82, 2.24) is 4.31 Å². The molecule has 1 aromatic rings. The lowest BCUT2D eigenvalue weighted by molar-refractivity contribution is -0.139. The predicted octanol–water partition coefficient (Wildman–Crippen LogP) is -0.353. The van der Waals surface area contributed by atoms with Gasteiger partial charge >= 0.3 is 11.9 Å². The topological polar surface area (TPSA) is 112 Å². The van der Waals surface area contributed by atoms with Crippen LogP contribution in [0.1, 0.15) is 0 Å². The zero-order chi connectivity index (χ0) is 13.8. The fraction of sp³-hybridized carbons (Fsp3) is 0.200. The smallest absolute Gasteiger partial charge is 0.318 e. The van der Waals surface area contributed by atoms with Gasteiger partial charge in [-0.3, -0.25) is 9.59 Å². The maximum Gasteiger partial charge on any atom is 0.318 e. The summed E-state index contributed by atoms with van der Waals surface area (Å²) in [6.07, 6.45) is 0. The highest BCUT2D eigenvalue weighted by molar-refractivity contribution is 7.89. The standard InChI is InChI=1S/C10H10NO6S/c12-9(13)6-11(7-10(14)15)18(16,17)8-4-2-1-3-5-8/h1-4H,6-7H2,(H,12,13)(H,14,15). The Morgan fingerprint density at radius 1 is 1.17 bits per heavy atom. The van der Waals surface area contributed by atoms with Gasteiger partial charge < -0.3 is 10.2 Å². The zero-order valence-electron chi connectivity index (χ0n) is 9.11.